The minimum atomic E-state index is -0.976. The first-order chi connectivity index (χ1) is 10.1. The van der Waals surface area contributed by atoms with E-state index in [1.165, 1.54) is 17.4 Å². The van der Waals surface area contributed by atoms with Crippen LogP contribution in [-0.2, 0) is 22.7 Å². The standard InChI is InChI=1S/C14H15N3O3S/c18-13(3-5-17-6-4-15-10-17)16-8-12-7-11(9-21-12)1-2-14(19)20/h1-2,4,6-7,9-10H,3,5,8H2,(H,16,18)(H,19,20). The van der Waals surface area contributed by atoms with E-state index in [1.54, 1.807) is 12.5 Å². The highest BCUT2D eigenvalue weighted by Gasteiger charge is 2.03. The molecule has 2 aromatic heterocycles. The van der Waals surface area contributed by atoms with Crippen LogP contribution in [0.1, 0.15) is 16.9 Å². The van der Waals surface area contributed by atoms with Crippen LogP contribution in [0.4, 0.5) is 0 Å². The van der Waals surface area contributed by atoms with Crippen molar-refractivity contribution in [1.82, 2.24) is 14.9 Å². The quantitative estimate of drug-likeness (QED) is 0.763. The molecule has 0 radical (unpaired) electrons. The zero-order valence-corrected chi connectivity index (χ0v) is 12.0. The third-order valence-electron chi connectivity index (χ3n) is 2.71. The molecule has 0 fully saturated rings. The molecular formula is C14H15N3O3S. The van der Waals surface area contributed by atoms with Crippen molar-refractivity contribution < 1.29 is 14.7 Å². The summed E-state index contributed by atoms with van der Waals surface area (Å²) >= 11 is 1.48. The normalized spacial score (nSPS) is 10.9. The molecule has 0 saturated carbocycles. The first kappa shape index (κ1) is 15.0. The number of carbonyl (C=O) groups is 2. The molecule has 21 heavy (non-hydrogen) atoms. The van der Waals surface area contributed by atoms with Gasteiger partial charge in [0.15, 0.2) is 0 Å². The molecule has 0 saturated heterocycles. The largest absolute Gasteiger partial charge is 0.478 e. The molecule has 0 aromatic carbocycles. The van der Waals surface area contributed by atoms with Crippen LogP contribution in [0.25, 0.3) is 6.08 Å². The van der Waals surface area contributed by atoms with Crippen LogP contribution in [0.5, 0.6) is 0 Å². The molecule has 1 amide bonds. The van der Waals surface area contributed by atoms with Gasteiger partial charge in [0, 0.05) is 36.3 Å². The van der Waals surface area contributed by atoms with E-state index in [0.717, 1.165) is 16.5 Å². The number of nitrogens with one attached hydrogen (secondary N) is 1. The van der Waals surface area contributed by atoms with E-state index in [0.29, 0.717) is 19.5 Å². The number of imidazole rings is 1. The van der Waals surface area contributed by atoms with Gasteiger partial charge in [0.1, 0.15) is 0 Å². The molecule has 2 aromatic rings. The van der Waals surface area contributed by atoms with Crippen molar-refractivity contribution >= 4 is 29.3 Å². The lowest BCUT2D eigenvalue weighted by Crippen LogP contribution is -2.23. The van der Waals surface area contributed by atoms with Gasteiger partial charge in [-0.2, -0.15) is 0 Å². The van der Waals surface area contributed by atoms with Crippen molar-refractivity contribution in [3.8, 4) is 0 Å². The summed E-state index contributed by atoms with van der Waals surface area (Å²) in [6.45, 7) is 1.05. The molecule has 0 bridgehead atoms. The fraction of sp³-hybridized carbons (Fsp3) is 0.214. The Morgan fingerprint density at radius 3 is 3.05 bits per heavy atom. The second kappa shape index (κ2) is 7.39. The highest BCUT2D eigenvalue weighted by molar-refractivity contribution is 7.10. The predicted molar refractivity (Wildman–Crippen MR) is 79.7 cm³/mol. The number of hydrogen-bond donors (Lipinski definition) is 2. The van der Waals surface area contributed by atoms with E-state index in [9.17, 15) is 9.59 Å². The Labute approximate surface area is 125 Å². The number of carbonyl (C=O) groups excluding carboxylic acids is 1. The summed E-state index contributed by atoms with van der Waals surface area (Å²) in [6.07, 6.45) is 8.18. The van der Waals surface area contributed by atoms with E-state index >= 15 is 0 Å². The number of amides is 1. The molecule has 2 N–H and O–H groups in total. The molecule has 110 valence electrons. The van der Waals surface area contributed by atoms with Gasteiger partial charge in [0.2, 0.25) is 5.91 Å². The Bertz CT molecular complexity index is 632. The molecule has 2 rings (SSSR count). The van der Waals surface area contributed by atoms with Gasteiger partial charge in [-0.15, -0.1) is 11.3 Å². The summed E-state index contributed by atoms with van der Waals surface area (Å²) < 4.78 is 1.85. The predicted octanol–water partition coefficient (Wildman–Crippen LogP) is 1.75. The molecule has 0 unspecified atom stereocenters. The zero-order valence-electron chi connectivity index (χ0n) is 11.2. The van der Waals surface area contributed by atoms with Gasteiger partial charge in [-0.25, -0.2) is 9.78 Å². The topological polar surface area (TPSA) is 84.2 Å². The Balaban J connectivity index is 1.75. The molecule has 7 heteroatoms. The lowest BCUT2D eigenvalue weighted by Gasteiger charge is -2.04. The number of carboxylic acid groups (broad SMARTS) is 1. The minimum Gasteiger partial charge on any atom is -0.478 e. The summed E-state index contributed by atoms with van der Waals surface area (Å²) in [5.74, 6) is -1.00. The first-order valence-corrected chi connectivity index (χ1v) is 7.22. The van der Waals surface area contributed by atoms with Gasteiger partial charge >= 0.3 is 5.97 Å². The molecule has 0 aliphatic heterocycles. The maximum Gasteiger partial charge on any atom is 0.328 e. The summed E-state index contributed by atoms with van der Waals surface area (Å²) in [4.78, 5) is 27.0. The van der Waals surface area contributed by atoms with Gasteiger partial charge in [-0.05, 0) is 23.1 Å². The van der Waals surface area contributed by atoms with Crippen LogP contribution in [0.15, 0.2) is 36.2 Å². The van der Waals surface area contributed by atoms with Crippen molar-refractivity contribution in [2.45, 2.75) is 19.5 Å². The third kappa shape index (κ3) is 5.23. The van der Waals surface area contributed by atoms with E-state index in [1.807, 2.05) is 22.2 Å². The van der Waals surface area contributed by atoms with E-state index in [2.05, 4.69) is 10.3 Å². The Hall–Kier alpha value is -2.41. The van der Waals surface area contributed by atoms with Crippen molar-refractivity contribution in [2.24, 2.45) is 0 Å². The van der Waals surface area contributed by atoms with Crippen LogP contribution in [0, 0.1) is 0 Å². The van der Waals surface area contributed by atoms with Gasteiger partial charge in [-0.1, -0.05) is 0 Å². The number of carboxylic acids is 1. The van der Waals surface area contributed by atoms with Gasteiger partial charge in [-0.3, -0.25) is 4.79 Å². The highest BCUT2D eigenvalue weighted by atomic mass is 32.1. The van der Waals surface area contributed by atoms with Crippen molar-refractivity contribution in [3.05, 3.63) is 46.7 Å². The minimum absolute atomic E-state index is 0.0280. The molecule has 0 aliphatic carbocycles. The Morgan fingerprint density at radius 1 is 1.48 bits per heavy atom. The summed E-state index contributed by atoms with van der Waals surface area (Å²) in [5.41, 5.74) is 0.824. The SMILES string of the molecule is O=C(O)C=Cc1csc(CNC(=O)CCn2ccnc2)c1. The van der Waals surface area contributed by atoms with Crippen LogP contribution in [0.3, 0.4) is 0 Å². The van der Waals surface area contributed by atoms with E-state index in [4.69, 9.17) is 5.11 Å². The second-order valence-corrected chi connectivity index (χ2v) is 5.34. The van der Waals surface area contributed by atoms with Gasteiger partial charge in [0.25, 0.3) is 0 Å². The monoisotopic (exact) mass is 305 g/mol. The molecule has 0 aliphatic rings. The average molecular weight is 305 g/mol. The van der Waals surface area contributed by atoms with Crippen LogP contribution < -0.4 is 5.32 Å². The number of aromatic nitrogens is 2. The molecule has 6 nitrogen and oxygen atoms in total. The van der Waals surface area contributed by atoms with Crippen molar-refractivity contribution in [2.75, 3.05) is 0 Å². The highest BCUT2D eigenvalue weighted by Crippen LogP contribution is 2.15. The van der Waals surface area contributed by atoms with Crippen molar-refractivity contribution in [1.29, 1.82) is 0 Å². The van der Waals surface area contributed by atoms with Crippen LogP contribution in [-0.4, -0.2) is 26.5 Å². The number of rotatable bonds is 7. The number of aliphatic carboxylic acids is 1. The number of thiophene rings is 1. The van der Waals surface area contributed by atoms with Crippen LogP contribution in [0.2, 0.25) is 0 Å². The number of hydrogen-bond acceptors (Lipinski definition) is 4. The average Bonchev–Trinajstić information content (AvgIpc) is 3.12. The number of aryl methyl sites for hydroxylation is 1. The molecule has 0 atom stereocenters. The first-order valence-electron chi connectivity index (χ1n) is 6.34. The third-order valence-corrected chi connectivity index (χ3v) is 3.66. The van der Waals surface area contributed by atoms with Gasteiger partial charge < -0.3 is 15.0 Å². The Morgan fingerprint density at radius 2 is 2.33 bits per heavy atom. The summed E-state index contributed by atoms with van der Waals surface area (Å²) in [5, 5.41) is 13.2. The van der Waals surface area contributed by atoms with Crippen molar-refractivity contribution in [3.63, 3.8) is 0 Å². The number of nitrogens with zero attached hydrogens (tertiary/aromatic N) is 2. The fourth-order valence-electron chi connectivity index (χ4n) is 1.67. The maximum absolute atomic E-state index is 11.7. The molecule has 0 spiro atoms. The molecular weight excluding hydrogens is 290 g/mol. The molecule has 2 heterocycles. The second-order valence-electron chi connectivity index (χ2n) is 4.35. The maximum atomic E-state index is 11.7. The lowest BCUT2D eigenvalue weighted by atomic mass is 10.3. The summed E-state index contributed by atoms with van der Waals surface area (Å²) in [6, 6.07) is 1.86. The smallest absolute Gasteiger partial charge is 0.328 e. The van der Waals surface area contributed by atoms with E-state index in [-0.39, 0.29) is 5.91 Å². The van der Waals surface area contributed by atoms with E-state index < -0.39 is 5.97 Å². The van der Waals surface area contributed by atoms with Gasteiger partial charge in [0.05, 0.1) is 12.9 Å². The summed E-state index contributed by atoms with van der Waals surface area (Å²) in [7, 11) is 0. The Kier molecular flexibility index (Phi) is 5.28. The van der Waals surface area contributed by atoms with Crippen LogP contribution >= 0.6 is 11.3 Å². The zero-order chi connectivity index (χ0) is 15.1. The lowest BCUT2D eigenvalue weighted by molar-refractivity contribution is -0.131. The fourth-order valence-corrected chi connectivity index (χ4v) is 2.46.